The van der Waals surface area contributed by atoms with Crippen molar-refractivity contribution in [2.24, 2.45) is 0 Å². The Labute approximate surface area is 142 Å². The molecule has 4 heteroatoms. The fraction of sp³-hybridized carbons (Fsp3) is 0.450. The predicted octanol–water partition coefficient (Wildman–Crippen LogP) is 4.30. The molecule has 1 aliphatic heterocycles. The van der Waals surface area contributed by atoms with Gasteiger partial charge in [-0.2, -0.15) is 0 Å². The molecule has 4 nitrogen and oxygen atoms in total. The monoisotopic (exact) mass is 323 g/mol. The van der Waals surface area contributed by atoms with Gasteiger partial charge < -0.3 is 15.2 Å². The standard InChI is InChI=1S/C20H25N3O/c24-20(22-16-6-2-1-3-7-16)23-12-10-15(11-13-23)18-14-21-19-9-5-4-8-17(18)19/h4-5,8-10,14,16,21H,1-3,6-7,11-13H2,(H,22,24). The summed E-state index contributed by atoms with van der Waals surface area (Å²) in [5.74, 6) is 0. The van der Waals surface area contributed by atoms with Crippen LogP contribution in [0.3, 0.4) is 0 Å². The summed E-state index contributed by atoms with van der Waals surface area (Å²) in [6.07, 6.45) is 11.3. The van der Waals surface area contributed by atoms with Gasteiger partial charge in [0.25, 0.3) is 0 Å². The Kier molecular flexibility index (Phi) is 4.28. The van der Waals surface area contributed by atoms with Crippen LogP contribution in [0.5, 0.6) is 0 Å². The number of hydrogen-bond donors (Lipinski definition) is 2. The van der Waals surface area contributed by atoms with E-state index in [1.165, 1.54) is 41.3 Å². The molecule has 2 aromatic rings. The average molecular weight is 323 g/mol. The van der Waals surface area contributed by atoms with Crippen LogP contribution in [0.25, 0.3) is 16.5 Å². The highest BCUT2D eigenvalue weighted by molar-refractivity contribution is 5.93. The molecule has 1 fully saturated rings. The van der Waals surface area contributed by atoms with E-state index in [0.29, 0.717) is 12.6 Å². The van der Waals surface area contributed by atoms with E-state index in [9.17, 15) is 4.79 Å². The minimum atomic E-state index is 0.108. The van der Waals surface area contributed by atoms with E-state index < -0.39 is 0 Å². The molecule has 1 aromatic heterocycles. The third-order valence-corrected chi connectivity index (χ3v) is 5.36. The van der Waals surface area contributed by atoms with Crippen molar-refractivity contribution in [2.75, 3.05) is 13.1 Å². The minimum Gasteiger partial charge on any atom is -0.361 e. The van der Waals surface area contributed by atoms with Gasteiger partial charge in [0.1, 0.15) is 0 Å². The highest BCUT2D eigenvalue weighted by Crippen LogP contribution is 2.29. The fourth-order valence-electron chi connectivity index (χ4n) is 3.95. The Morgan fingerprint density at radius 3 is 2.79 bits per heavy atom. The van der Waals surface area contributed by atoms with Crippen molar-refractivity contribution >= 4 is 22.5 Å². The van der Waals surface area contributed by atoms with Crippen molar-refractivity contribution < 1.29 is 4.79 Å². The van der Waals surface area contributed by atoms with Crippen LogP contribution in [0.2, 0.25) is 0 Å². The number of fused-ring (bicyclic) bond motifs is 1. The van der Waals surface area contributed by atoms with E-state index in [0.717, 1.165) is 25.8 Å². The maximum atomic E-state index is 12.5. The first-order valence-electron chi connectivity index (χ1n) is 9.12. The fourth-order valence-corrected chi connectivity index (χ4v) is 3.95. The summed E-state index contributed by atoms with van der Waals surface area (Å²) in [5.41, 5.74) is 3.79. The van der Waals surface area contributed by atoms with Crippen LogP contribution in [-0.2, 0) is 0 Å². The molecule has 0 atom stereocenters. The number of amides is 2. The average Bonchev–Trinajstić information content (AvgIpc) is 3.07. The van der Waals surface area contributed by atoms with Gasteiger partial charge in [0.15, 0.2) is 0 Å². The van der Waals surface area contributed by atoms with E-state index in [1.54, 1.807) is 0 Å². The van der Waals surface area contributed by atoms with Crippen LogP contribution >= 0.6 is 0 Å². The molecule has 0 unspecified atom stereocenters. The highest BCUT2D eigenvalue weighted by atomic mass is 16.2. The number of benzene rings is 1. The summed E-state index contributed by atoms with van der Waals surface area (Å²) in [4.78, 5) is 17.7. The summed E-state index contributed by atoms with van der Waals surface area (Å²) in [7, 11) is 0. The first-order valence-corrected chi connectivity index (χ1v) is 9.12. The first kappa shape index (κ1) is 15.3. The normalized spacial score (nSPS) is 19.3. The second-order valence-corrected chi connectivity index (χ2v) is 6.96. The third kappa shape index (κ3) is 3.05. The molecular weight excluding hydrogens is 298 g/mol. The Hall–Kier alpha value is -2.23. The van der Waals surface area contributed by atoms with Gasteiger partial charge in [0.05, 0.1) is 0 Å². The number of urea groups is 1. The van der Waals surface area contributed by atoms with Crippen molar-refractivity contribution in [3.8, 4) is 0 Å². The van der Waals surface area contributed by atoms with Crippen molar-refractivity contribution in [3.63, 3.8) is 0 Å². The van der Waals surface area contributed by atoms with Crippen LogP contribution in [0.1, 0.15) is 44.1 Å². The van der Waals surface area contributed by atoms with Gasteiger partial charge >= 0.3 is 6.03 Å². The highest BCUT2D eigenvalue weighted by Gasteiger charge is 2.22. The first-order chi connectivity index (χ1) is 11.8. The van der Waals surface area contributed by atoms with Gasteiger partial charge in [0.2, 0.25) is 0 Å². The van der Waals surface area contributed by atoms with Gasteiger partial charge in [-0.15, -0.1) is 0 Å². The van der Waals surface area contributed by atoms with Crippen LogP contribution < -0.4 is 5.32 Å². The van der Waals surface area contributed by atoms with E-state index in [2.05, 4.69) is 46.8 Å². The lowest BCUT2D eigenvalue weighted by molar-refractivity contribution is 0.195. The predicted molar refractivity (Wildman–Crippen MR) is 97.9 cm³/mol. The summed E-state index contributed by atoms with van der Waals surface area (Å²) in [6, 6.07) is 8.87. The molecular formula is C20H25N3O. The maximum absolute atomic E-state index is 12.5. The Balaban J connectivity index is 1.42. The van der Waals surface area contributed by atoms with Crippen LogP contribution in [0, 0.1) is 0 Å². The quantitative estimate of drug-likeness (QED) is 0.850. The van der Waals surface area contributed by atoms with Gasteiger partial charge in [-0.1, -0.05) is 43.5 Å². The molecule has 24 heavy (non-hydrogen) atoms. The van der Waals surface area contributed by atoms with E-state index in [-0.39, 0.29) is 6.03 Å². The molecule has 0 saturated heterocycles. The number of aromatic nitrogens is 1. The van der Waals surface area contributed by atoms with E-state index in [1.807, 2.05) is 4.90 Å². The SMILES string of the molecule is O=C(NC1CCCCC1)N1CC=C(c2c[nH]c3ccccc23)CC1. The molecule has 0 radical (unpaired) electrons. The summed E-state index contributed by atoms with van der Waals surface area (Å²) >= 11 is 0. The third-order valence-electron chi connectivity index (χ3n) is 5.36. The van der Waals surface area contributed by atoms with E-state index in [4.69, 9.17) is 0 Å². The molecule has 2 heterocycles. The Morgan fingerprint density at radius 1 is 1.17 bits per heavy atom. The second-order valence-electron chi connectivity index (χ2n) is 6.96. The van der Waals surface area contributed by atoms with Crippen molar-refractivity contribution in [2.45, 2.75) is 44.6 Å². The lowest BCUT2D eigenvalue weighted by Crippen LogP contribution is -2.46. The lowest BCUT2D eigenvalue weighted by atomic mass is 9.95. The number of nitrogens with one attached hydrogen (secondary N) is 2. The zero-order valence-electron chi connectivity index (χ0n) is 14.1. The van der Waals surface area contributed by atoms with Gasteiger partial charge in [0, 0.05) is 41.8 Å². The number of carbonyl (C=O) groups is 1. The molecule has 0 bridgehead atoms. The molecule has 0 spiro atoms. The zero-order chi connectivity index (χ0) is 16.4. The molecule has 4 rings (SSSR count). The molecule has 1 aliphatic carbocycles. The summed E-state index contributed by atoms with van der Waals surface area (Å²) in [6.45, 7) is 1.50. The smallest absolute Gasteiger partial charge is 0.317 e. The van der Waals surface area contributed by atoms with Crippen LogP contribution in [0.15, 0.2) is 36.5 Å². The van der Waals surface area contributed by atoms with Gasteiger partial charge in [-0.05, 0) is 30.9 Å². The van der Waals surface area contributed by atoms with Crippen molar-refractivity contribution in [1.82, 2.24) is 15.2 Å². The number of H-pyrrole nitrogens is 1. The molecule has 2 amide bonds. The minimum absolute atomic E-state index is 0.108. The summed E-state index contributed by atoms with van der Waals surface area (Å²) < 4.78 is 0. The van der Waals surface area contributed by atoms with E-state index >= 15 is 0 Å². The summed E-state index contributed by atoms with van der Waals surface area (Å²) in [5, 5.41) is 4.49. The van der Waals surface area contributed by atoms with Crippen molar-refractivity contribution in [1.29, 1.82) is 0 Å². The topological polar surface area (TPSA) is 48.1 Å². The molecule has 1 saturated carbocycles. The molecule has 126 valence electrons. The molecule has 2 aliphatic rings. The van der Waals surface area contributed by atoms with Crippen molar-refractivity contribution in [3.05, 3.63) is 42.1 Å². The number of rotatable bonds is 2. The number of para-hydroxylation sites is 1. The van der Waals surface area contributed by atoms with Gasteiger partial charge in [-0.3, -0.25) is 0 Å². The molecule has 1 aromatic carbocycles. The Morgan fingerprint density at radius 2 is 2.00 bits per heavy atom. The number of carbonyl (C=O) groups excluding carboxylic acids is 1. The number of nitrogens with zero attached hydrogens (tertiary/aromatic N) is 1. The number of hydrogen-bond acceptors (Lipinski definition) is 1. The largest absolute Gasteiger partial charge is 0.361 e. The van der Waals surface area contributed by atoms with Gasteiger partial charge in [-0.25, -0.2) is 4.79 Å². The van der Waals surface area contributed by atoms with Crippen LogP contribution in [-0.4, -0.2) is 35.0 Å². The Bertz CT molecular complexity index is 755. The molecule has 2 N–H and O–H groups in total. The number of aromatic amines is 1. The lowest BCUT2D eigenvalue weighted by Gasteiger charge is -2.30. The maximum Gasteiger partial charge on any atom is 0.317 e. The second kappa shape index (κ2) is 6.71. The van der Waals surface area contributed by atoms with Crippen LogP contribution in [0.4, 0.5) is 4.79 Å². The zero-order valence-corrected chi connectivity index (χ0v) is 14.1.